The summed E-state index contributed by atoms with van der Waals surface area (Å²) in [6.07, 6.45) is 0.961. The maximum atomic E-state index is 12.8. The van der Waals surface area contributed by atoms with Crippen LogP contribution in [0.4, 0.5) is 0 Å². The van der Waals surface area contributed by atoms with Gasteiger partial charge in [0.2, 0.25) is 0 Å². The zero-order chi connectivity index (χ0) is 22.5. The number of aryl methyl sites for hydroxylation is 2. The highest BCUT2D eigenvalue weighted by atomic mass is 16.5. The number of hydrogen-bond acceptors (Lipinski definition) is 3. The molecule has 2 aromatic carbocycles. The number of hydrogen-bond donors (Lipinski definition) is 1. The number of nitrogens with zero attached hydrogens (tertiary/aromatic N) is 1. The normalized spacial score (nSPS) is 15.6. The van der Waals surface area contributed by atoms with Crippen LogP contribution in [0.1, 0.15) is 66.6 Å². The molecule has 0 saturated carbocycles. The van der Waals surface area contributed by atoms with E-state index in [1.165, 1.54) is 11.1 Å². The Balaban J connectivity index is 1.48. The second kappa shape index (κ2) is 9.99. The molecule has 1 saturated heterocycles. The van der Waals surface area contributed by atoms with Crippen LogP contribution in [-0.4, -0.2) is 41.9 Å². The van der Waals surface area contributed by atoms with E-state index in [0.29, 0.717) is 30.3 Å². The smallest absolute Gasteiger partial charge is 0.263 e. The van der Waals surface area contributed by atoms with Crippen LogP contribution in [0.5, 0.6) is 5.75 Å². The molecule has 1 heterocycles. The minimum Gasteiger partial charge on any atom is -0.481 e. The largest absolute Gasteiger partial charge is 0.481 e. The van der Waals surface area contributed by atoms with Gasteiger partial charge in [-0.05, 0) is 80.5 Å². The van der Waals surface area contributed by atoms with Gasteiger partial charge in [-0.1, -0.05) is 32.0 Å². The second-order valence-corrected chi connectivity index (χ2v) is 8.86. The van der Waals surface area contributed by atoms with Gasteiger partial charge in [-0.3, -0.25) is 9.59 Å². The highest BCUT2D eigenvalue weighted by Crippen LogP contribution is 2.20. The van der Waals surface area contributed by atoms with Gasteiger partial charge in [-0.2, -0.15) is 0 Å². The molecule has 1 fully saturated rings. The van der Waals surface area contributed by atoms with Gasteiger partial charge >= 0.3 is 0 Å². The molecule has 0 aliphatic carbocycles. The number of benzene rings is 2. The molecule has 0 aromatic heterocycles. The fourth-order valence-corrected chi connectivity index (χ4v) is 3.84. The van der Waals surface area contributed by atoms with Gasteiger partial charge in [0.1, 0.15) is 5.75 Å². The molecule has 1 aliphatic heterocycles. The molecule has 5 nitrogen and oxygen atoms in total. The fraction of sp³-hybridized carbons (Fsp3) is 0.462. The third kappa shape index (κ3) is 5.87. The van der Waals surface area contributed by atoms with Crippen molar-refractivity contribution in [2.75, 3.05) is 13.1 Å². The zero-order valence-corrected chi connectivity index (χ0v) is 19.3. The SMILES string of the molecule is Cc1ccc(C(=O)NC2CCN(C(=O)C(C)Oc3ccc(C(C)C)cc3)CC2)cc1C. The van der Waals surface area contributed by atoms with E-state index in [4.69, 9.17) is 4.74 Å². The topological polar surface area (TPSA) is 58.6 Å². The van der Waals surface area contributed by atoms with E-state index in [0.717, 1.165) is 18.4 Å². The molecular formula is C26H34N2O3. The van der Waals surface area contributed by atoms with Gasteiger partial charge < -0.3 is 15.0 Å². The summed E-state index contributed by atoms with van der Waals surface area (Å²) >= 11 is 0. The Hall–Kier alpha value is -2.82. The van der Waals surface area contributed by atoms with E-state index in [9.17, 15) is 9.59 Å². The van der Waals surface area contributed by atoms with E-state index < -0.39 is 6.10 Å². The summed E-state index contributed by atoms with van der Waals surface area (Å²) < 4.78 is 5.87. The van der Waals surface area contributed by atoms with Crippen LogP contribution in [0.2, 0.25) is 0 Å². The van der Waals surface area contributed by atoms with Gasteiger partial charge in [0.15, 0.2) is 6.10 Å². The zero-order valence-electron chi connectivity index (χ0n) is 19.3. The standard InChI is InChI=1S/C26H34N2O3/c1-17(2)21-8-10-24(11-9-21)31-20(5)26(30)28-14-12-23(13-15-28)27-25(29)22-7-6-18(3)19(4)16-22/h6-11,16-17,20,23H,12-15H2,1-5H3,(H,27,29). The van der Waals surface area contributed by atoms with Crippen molar-refractivity contribution in [2.24, 2.45) is 0 Å². The van der Waals surface area contributed by atoms with Crippen molar-refractivity contribution in [3.05, 3.63) is 64.7 Å². The Morgan fingerprint density at radius 2 is 1.61 bits per heavy atom. The van der Waals surface area contributed by atoms with Crippen molar-refractivity contribution in [1.29, 1.82) is 0 Å². The molecule has 166 valence electrons. The minimum atomic E-state index is -0.536. The maximum Gasteiger partial charge on any atom is 0.263 e. The lowest BCUT2D eigenvalue weighted by molar-refractivity contribution is -0.139. The van der Waals surface area contributed by atoms with Gasteiger partial charge in [0.25, 0.3) is 11.8 Å². The van der Waals surface area contributed by atoms with E-state index in [2.05, 4.69) is 19.2 Å². The predicted molar refractivity (Wildman–Crippen MR) is 124 cm³/mol. The first-order valence-electron chi connectivity index (χ1n) is 11.2. The van der Waals surface area contributed by atoms with Crippen LogP contribution < -0.4 is 10.1 Å². The molecule has 31 heavy (non-hydrogen) atoms. The van der Waals surface area contributed by atoms with Crippen molar-refractivity contribution >= 4 is 11.8 Å². The Kier molecular flexibility index (Phi) is 7.37. The number of piperidine rings is 1. The van der Waals surface area contributed by atoms with Crippen LogP contribution in [0.25, 0.3) is 0 Å². The molecule has 0 spiro atoms. The molecule has 1 aliphatic rings. The molecule has 0 radical (unpaired) electrons. The summed E-state index contributed by atoms with van der Waals surface area (Å²) in [7, 11) is 0. The summed E-state index contributed by atoms with van der Waals surface area (Å²) in [5, 5.41) is 3.12. The molecule has 1 N–H and O–H groups in total. The van der Waals surface area contributed by atoms with Gasteiger partial charge in [0.05, 0.1) is 0 Å². The highest BCUT2D eigenvalue weighted by Gasteiger charge is 2.28. The number of ether oxygens (including phenoxy) is 1. The lowest BCUT2D eigenvalue weighted by atomic mass is 10.0. The third-order valence-electron chi connectivity index (χ3n) is 6.12. The Morgan fingerprint density at radius 3 is 2.19 bits per heavy atom. The van der Waals surface area contributed by atoms with Crippen molar-refractivity contribution < 1.29 is 14.3 Å². The van der Waals surface area contributed by atoms with E-state index in [1.807, 2.05) is 61.2 Å². The van der Waals surface area contributed by atoms with Gasteiger partial charge in [-0.15, -0.1) is 0 Å². The van der Waals surface area contributed by atoms with Crippen molar-refractivity contribution in [2.45, 2.75) is 65.5 Å². The predicted octanol–water partition coefficient (Wildman–Crippen LogP) is 4.62. The number of rotatable bonds is 6. The number of amides is 2. The lowest BCUT2D eigenvalue weighted by Gasteiger charge is -2.34. The molecule has 3 rings (SSSR count). The lowest BCUT2D eigenvalue weighted by Crippen LogP contribution is -2.49. The van der Waals surface area contributed by atoms with Crippen molar-refractivity contribution in [1.82, 2.24) is 10.2 Å². The van der Waals surface area contributed by atoms with Crippen LogP contribution in [0.15, 0.2) is 42.5 Å². The molecule has 5 heteroatoms. The van der Waals surface area contributed by atoms with Crippen LogP contribution in [0.3, 0.4) is 0 Å². The first kappa shape index (κ1) is 22.9. The summed E-state index contributed by atoms with van der Waals surface area (Å²) in [6, 6.07) is 13.8. The quantitative estimate of drug-likeness (QED) is 0.739. The summed E-state index contributed by atoms with van der Waals surface area (Å²) in [5.41, 5.74) is 4.22. The second-order valence-electron chi connectivity index (χ2n) is 8.86. The highest BCUT2D eigenvalue weighted by molar-refractivity contribution is 5.94. The number of likely N-dealkylation sites (tertiary alicyclic amines) is 1. The fourth-order valence-electron chi connectivity index (χ4n) is 3.84. The van der Waals surface area contributed by atoms with Crippen LogP contribution in [0, 0.1) is 13.8 Å². The Bertz CT molecular complexity index is 913. The number of carbonyl (C=O) groups excluding carboxylic acids is 2. The minimum absolute atomic E-state index is 0.00753. The number of nitrogens with one attached hydrogen (secondary N) is 1. The molecule has 1 atom stereocenters. The summed E-state index contributed by atoms with van der Waals surface area (Å²) in [6.45, 7) is 11.4. The molecule has 1 unspecified atom stereocenters. The summed E-state index contributed by atoms with van der Waals surface area (Å²) in [4.78, 5) is 27.2. The Labute approximate surface area is 185 Å². The van der Waals surface area contributed by atoms with E-state index >= 15 is 0 Å². The summed E-state index contributed by atoms with van der Waals surface area (Å²) in [5.74, 6) is 1.12. The number of carbonyl (C=O) groups is 2. The van der Waals surface area contributed by atoms with Crippen molar-refractivity contribution in [3.63, 3.8) is 0 Å². The Morgan fingerprint density at radius 1 is 0.968 bits per heavy atom. The first-order valence-corrected chi connectivity index (χ1v) is 11.2. The average molecular weight is 423 g/mol. The molecular weight excluding hydrogens is 388 g/mol. The van der Waals surface area contributed by atoms with Crippen molar-refractivity contribution in [3.8, 4) is 5.75 Å². The first-order chi connectivity index (χ1) is 14.7. The van der Waals surface area contributed by atoms with Gasteiger partial charge in [-0.25, -0.2) is 0 Å². The molecule has 2 aromatic rings. The van der Waals surface area contributed by atoms with Crippen LogP contribution >= 0.6 is 0 Å². The van der Waals surface area contributed by atoms with E-state index in [1.54, 1.807) is 6.92 Å². The monoisotopic (exact) mass is 422 g/mol. The average Bonchev–Trinajstić information content (AvgIpc) is 2.76. The van der Waals surface area contributed by atoms with E-state index in [-0.39, 0.29) is 17.9 Å². The van der Waals surface area contributed by atoms with Gasteiger partial charge in [0, 0.05) is 24.7 Å². The van der Waals surface area contributed by atoms with Crippen LogP contribution in [-0.2, 0) is 4.79 Å². The third-order valence-corrected chi connectivity index (χ3v) is 6.12. The molecule has 2 amide bonds. The maximum absolute atomic E-state index is 12.8. The molecule has 0 bridgehead atoms.